The quantitative estimate of drug-likeness (QED) is 0.831. The summed E-state index contributed by atoms with van der Waals surface area (Å²) < 4.78 is 37.9. The first-order valence-electron chi connectivity index (χ1n) is 8.04. The second-order valence-corrected chi connectivity index (χ2v) is 6.00. The van der Waals surface area contributed by atoms with Crippen molar-refractivity contribution in [2.75, 3.05) is 0 Å². The molecule has 2 unspecified atom stereocenters. The minimum atomic E-state index is -4.34. The van der Waals surface area contributed by atoms with Gasteiger partial charge in [-0.3, -0.25) is 0 Å². The molecule has 0 aliphatic rings. The normalized spacial score (nSPS) is 14.4. The van der Waals surface area contributed by atoms with E-state index in [1.165, 1.54) is 12.1 Å². The van der Waals surface area contributed by atoms with Gasteiger partial charge in [0.2, 0.25) is 0 Å². The van der Waals surface area contributed by atoms with Crippen molar-refractivity contribution in [1.82, 2.24) is 15.3 Å². The van der Waals surface area contributed by atoms with Crippen molar-refractivity contribution in [2.24, 2.45) is 5.92 Å². The molecule has 0 bridgehead atoms. The predicted molar refractivity (Wildman–Crippen MR) is 88.2 cm³/mol. The van der Waals surface area contributed by atoms with Gasteiger partial charge in [0.25, 0.3) is 0 Å². The molecular formula is C18H22F3N3. The molecule has 3 nitrogen and oxygen atoms in total. The SMILES string of the molecule is CCC(C)C(C)NCc1ccnc(-c2ccc(C(F)(F)F)cc2)n1. The molecule has 130 valence electrons. The lowest BCUT2D eigenvalue weighted by molar-refractivity contribution is -0.137. The van der Waals surface area contributed by atoms with Crippen molar-refractivity contribution in [1.29, 1.82) is 0 Å². The highest BCUT2D eigenvalue weighted by molar-refractivity contribution is 5.55. The standard InChI is InChI=1S/C18H22F3N3/c1-4-12(2)13(3)23-11-16-9-10-22-17(24-16)14-5-7-15(8-6-14)18(19,20)21/h5-10,12-13,23H,4,11H2,1-3H3. The van der Waals surface area contributed by atoms with Crippen molar-refractivity contribution >= 4 is 0 Å². The van der Waals surface area contributed by atoms with E-state index in [9.17, 15) is 13.2 Å². The fourth-order valence-electron chi connectivity index (χ4n) is 2.26. The van der Waals surface area contributed by atoms with E-state index >= 15 is 0 Å². The average molecular weight is 337 g/mol. The van der Waals surface area contributed by atoms with Crippen LogP contribution in [-0.4, -0.2) is 16.0 Å². The van der Waals surface area contributed by atoms with Crippen LogP contribution in [0.25, 0.3) is 11.4 Å². The highest BCUT2D eigenvalue weighted by Gasteiger charge is 2.30. The fraction of sp³-hybridized carbons (Fsp3) is 0.444. The van der Waals surface area contributed by atoms with Crippen molar-refractivity contribution < 1.29 is 13.2 Å². The smallest absolute Gasteiger partial charge is 0.308 e. The van der Waals surface area contributed by atoms with Crippen LogP contribution in [0.2, 0.25) is 0 Å². The molecule has 0 fully saturated rings. The van der Waals surface area contributed by atoms with Crippen LogP contribution >= 0.6 is 0 Å². The zero-order valence-corrected chi connectivity index (χ0v) is 14.1. The van der Waals surface area contributed by atoms with E-state index in [0.717, 1.165) is 24.2 Å². The van der Waals surface area contributed by atoms with Gasteiger partial charge in [-0.15, -0.1) is 0 Å². The number of hydrogen-bond donors (Lipinski definition) is 1. The number of hydrogen-bond acceptors (Lipinski definition) is 3. The monoisotopic (exact) mass is 337 g/mol. The van der Waals surface area contributed by atoms with E-state index in [-0.39, 0.29) is 0 Å². The molecule has 1 N–H and O–H groups in total. The van der Waals surface area contributed by atoms with E-state index in [0.29, 0.717) is 29.9 Å². The molecule has 1 aromatic carbocycles. The van der Waals surface area contributed by atoms with Gasteiger partial charge in [-0.2, -0.15) is 13.2 Å². The molecule has 2 aromatic rings. The molecule has 0 amide bonds. The van der Waals surface area contributed by atoms with Crippen molar-refractivity contribution in [3.63, 3.8) is 0 Å². The van der Waals surface area contributed by atoms with E-state index in [4.69, 9.17) is 0 Å². The van der Waals surface area contributed by atoms with Gasteiger partial charge in [0.15, 0.2) is 5.82 Å². The zero-order chi connectivity index (χ0) is 17.7. The number of aromatic nitrogens is 2. The number of benzene rings is 1. The Hall–Kier alpha value is -1.95. The molecule has 0 spiro atoms. The van der Waals surface area contributed by atoms with Crippen LogP contribution < -0.4 is 5.32 Å². The van der Waals surface area contributed by atoms with Gasteiger partial charge in [-0.1, -0.05) is 32.4 Å². The summed E-state index contributed by atoms with van der Waals surface area (Å²) in [5.41, 5.74) is 0.710. The van der Waals surface area contributed by atoms with Crippen molar-refractivity contribution in [2.45, 2.75) is 46.0 Å². The molecule has 0 radical (unpaired) electrons. The molecule has 1 heterocycles. The first-order chi connectivity index (χ1) is 11.3. The summed E-state index contributed by atoms with van der Waals surface area (Å²) in [5.74, 6) is 0.987. The van der Waals surface area contributed by atoms with E-state index in [1.807, 2.05) is 6.07 Å². The van der Waals surface area contributed by atoms with Gasteiger partial charge < -0.3 is 5.32 Å². The van der Waals surface area contributed by atoms with Crippen LogP contribution in [0.4, 0.5) is 13.2 Å². The van der Waals surface area contributed by atoms with Crippen LogP contribution in [0, 0.1) is 5.92 Å². The molecule has 2 atom stereocenters. The summed E-state index contributed by atoms with van der Waals surface area (Å²) in [6, 6.07) is 7.07. The molecule has 1 aromatic heterocycles. The largest absolute Gasteiger partial charge is 0.416 e. The summed E-state index contributed by atoms with van der Waals surface area (Å²) in [7, 11) is 0. The predicted octanol–water partition coefficient (Wildman–Crippen LogP) is 4.69. The third kappa shape index (κ3) is 4.77. The minimum absolute atomic E-state index is 0.361. The molecule has 2 rings (SSSR count). The molecule has 0 aliphatic heterocycles. The Morgan fingerprint density at radius 1 is 1.08 bits per heavy atom. The molecule has 0 aliphatic carbocycles. The van der Waals surface area contributed by atoms with E-state index in [1.54, 1.807) is 6.20 Å². The fourth-order valence-corrected chi connectivity index (χ4v) is 2.26. The number of nitrogens with one attached hydrogen (secondary N) is 1. The Morgan fingerprint density at radius 3 is 2.33 bits per heavy atom. The van der Waals surface area contributed by atoms with Gasteiger partial charge in [0.05, 0.1) is 11.3 Å². The van der Waals surface area contributed by atoms with Gasteiger partial charge in [-0.05, 0) is 31.0 Å². The molecule has 0 saturated heterocycles. The summed E-state index contributed by atoms with van der Waals surface area (Å²) in [6.07, 6.45) is -1.61. The van der Waals surface area contributed by atoms with Crippen LogP contribution in [0.5, 0.6) is 0 Å². The third-order valence-corrected chi connectivity index (χ3v) is 4.29. The van der Waals surface area contributed by atoms with Crippen molar-refractivity contribution in [3.8, 4) is 11.4 Å². The highest BCUT2D eigenvalue weighted by Crippen LogP contribution is 2.30. The van der Waals surface area contributed by atoms with Gasteiger partial charge in [0, 0.05) is 24.3 Å². The number of nitrogens with zero attached hydrogens (tertiary/aromatic N) is 2. The first-order valence-corrected chi connectivity index (χ1v) is 8.04. The van der Waals surface area contributed by atoms with Crippen molar-refractivity contribution in [3.05, 3.63) is 47.8 Å². The Bertz CT molecular complexity index is 653. The summed E-state index contributed by atoms with van der Waals surface area (Å²) in [4.78, 5) is 8.60. The molecule has 6 heteroatoms. The van der Waals surface area contributed by atoms with Gasteiger partial charge >= 0.3 is 6.18 Å². The Labute approximate surface area is 140 Å². The van der Waals surface area contributed by atoms with Gasteiger partial charge in [0.1, 0.15) is 0 Å². The van der Waals surface area contributed by atoms with Crippen LogP contribution in [0.15, 0.2) is 36.5 Å². The van der Waals surface area contributed by atoms with Gasteiger partial charge in [-0.25, -0.2) is 9.97 Å². The maximum atomic E-state index is 12.6. The lowest BCUT2D eigenvalue weighted by Crippen LogP contribution is -2.31. The topological polar surface area (TPSA) is 37.8 Å². The van der Waals surface area contributed by atoms with Crippen LogP contribution in [0.1, 0.15) is 38.4 Å². The lowest BCUT2D eigenvalue weighted by atomic mass is 10.0. The second kappa shape index (κ2) is 7.75. The number of rotatable bonds is 6. The van der Waals surface area contributed by atoms with Crippen LogP contribution in [-0.2, 0) is 12.7 Å². The molecular weight excluding hydrogens is 315 g/mol. The summed E-state index contributed by atoms with van der Waals surface area (Å²) in [6.45, 7) is 7.06. The highest BCUT2D eigenvalue weighted by atomic mass is 19.4. The van der Waals surface area contributed by atoms with Crippen LogP contribution in [0.3, 0.4) is 0 Å². The number of halogens is 3. The Kier molecular flexibility index (Phi) is 5.94. The molecule has 0 saturated carbocycles. The zero-order valence-electron chi connectivity index (χ0n) is 14.1. The minimum Gasteiger partial charge on any atom is -0.308 e. The summed E-state index contributed by atoms with van der Waals surface area (Å²) in [5, 5.41) is 3.42. The number of alkyl halides is 3. The first kappa shape index (κ1) is 18.4. The Balaban J connectivity index is 2.10. The second-order valence-electron chi connectivity index (χ2n) is 6.00. The third-order valence-electron chi connectivity index (χ3n) is 4.29. The maximum absolute atomic E-state index is 12.6. The Morgan fingerprint density at radius 2 is 1.75 bits per heavy atom. The molecule has 24 heavy (non-hydrogen) atoms. The summed E-state index contributed by atoms with van der Waals surface area (Å²) >= 11 is 0. The van der Waals surface area contributed by atoms with E-state index < -0.39 is 11.7 Å². The van der Waals surface area contributed by atoms with E-state index in [2.05, 4.69) is 36.1 Å². The lowest BCUT2D eigenvalue weighted by Gasteiger charge is -2.19. The maximum Gasteiger partial charge on any atom is 0.416 e. The average Bonchev–Trinajstić information content (AvgIpc) is 2.58.